The highest BCUT2D eigenvalue weighted by Gasteiger charge is 2.39. The molecule has 1 saturated heterocycles. The lowest BCUT2D eigenvalue weighted by Crippen LogP contribution is -2.53. The van der Waals surface area contributed by atoms with E-state index in [9.17, 15) is 19.2 Å². The average molecular weight is 358 g/mol. The van der Waals surface area contributed by atoms with E-state index < -0.39 is 23.7 Å². The Kier molecular flexibility index (Phi) is 7.26. The molecule has 0 saturated carbocycles. The Balaban J connectivity index is 2.84. The van der Waals surface area contributed by atoms with Crippen LogP contribution in [0.4, 0.5) is 0 Å². The molecule has 1 aliphatic rings. The number of amides is 2. The van der Waals surface area contributed by atoms with E-state index in [0.29, 0.717) is 19.4 Å². The van der Waals surface area contributed by atoms with Crippen LogP contribution in [-0.4, -0.2) is 57.8 Å². The molecule has 0 unspecified atom stereocenters. The first-order chi connectivity index (χ1) is 11.0. The predicted molar refractivity (Wildman–Crippen MR) is 91.3 cm³/mol. The van der Waals surface area contributed by atoms with Gasteiger partial charge in [0.25, 0.3) is 0 Å². The van der Waals surface area contributed by atoms with Crippen LogP contribution in [0.1, 0.15) is 47.5 Å². The standard InChI is InChI=1S/C16H26N2O5S/c1-10(19)17-12(9-24-11(2)20)14(21)18-8-6-7-13(18)15(22)23-16(3,4)5/h12-13H,6-9H2,1-5H3,(H,17,19)/t12-,13-/m0/s1. The molecule has 2 amide bonds. The van der Waals surface area contributed by atoms with Crippen LogP contribution in [0.15, 0.2) is 0 Å². The maximum atomic E-state index is 12.8. The fraction of sp³-hybridized carbons (Fsp3) is 0.750. The number of carbonyl (C=O) groups excluding carboxylic acids is 4. The van der Waals surface area contributed by atoms with Crippen LogP contribution in [0.5, 0.6) is 0 Å². The molecule has 8 heteroatoms. The number of thioether (sulfide) groups is 1. The smallest absolute Gasteiger partial charge is 0.329 e. The molecule has 1 aliphatic heterocycles. The van der Waals surface area contributed by atoms with Crippen LogP contribution in [0, 0.1) is 0 Å². The number of nitrogens with one attached hydrogen (secondary N) is 1. The number of likely N-dealkylation sites (tertiary alicyclic amines) is 1. The molecule has 1 rings (SSSR count). The zero-order valence-electron chi connectivity index (χ0n) is 14.9. The van der Waals surface area contributed by atoms with Gasteiger partial charge in [0.05, 0.1) is 0 Å². The van der Waals surface area contributed by atoms with Gasteiger partial charge in [0, 0.05) is 26.1 Å². The summed E-state index contributed by atoms with van der Waals surface area (Å²) in [5, 5.41) is 2.43. The molecular formula is C16H26N2O5S. The summed E-state index contributed by atoms with van der Waals surface area (Å²) in [6, 6.07) is -1.48. The van der Waals surface area contributed by atoms with E-state index in [1.54, 1.807) is 20.8 Å². The van der Waals surface area contributed by atoms with Gasteiger partial charge in [0.1, 0.15) is 17.7 Å². The second-order valence-corrected chi connectivity index (χ2v) is 7.98. The minimum absolute atomic E-state index is 0.136. The Hall–Kier alpha value is -1.57. The number of rotatable bonds is 5. The Morgan fingerprint density at radius 1 is 1.25 bits per heavy atom. The van der Waals surface area contributed by atoms with E-state index in [4.69, 9.17) is 4.74 Å². The van der Waals surface area contributed by atoms with Crippen molar-refractivity contribution in [3.8, 4) is 0 Å². The monoisotopic (exact) mass is 358 g/mol. The quantitative estimate of drug-likeness (QED) is 0.740. The van der Waals surface area contributed by atoms with E-state index in [1.165, 1.54) is 18.7 Å². The van der Waals surface area contributed by atoms with E-state index in [1.807, 2.05) is 0 Å². The molecule has 0 aromatic rings. The Bertz CT molecular complexity index is 515. The van der Waals surface area contributed by atoms with Crippen molar-refractivity contribution in [1.82, 2.24) is 10.2 Å². The molecule has 0 aromatic heterocycles. The molecule has 1 fully saturated rings. The number of esters is 1. The topological polar surface area (TPSA) is 92.8 Å². The summed E-state index contributed by atoms with van der Waals surface area (Å²) in [5.74, 6) is -1.00. The molecule has 0 aliphatic carbocycles. The highest BCUT2D eigenvalue weighted by atomic mass is 32.2. The lowest BCUT2D eigenvalue weighted by atomic mass is 10.1. The number of nitrogens with zero attached hydrogens (tertiary/aromatic N) is 1. The van der Waals surface area contributed by atoms with Crippen LogP contribution in [0.3, 0.4) is 0 Å². The molecule has 24 heavy (non-hydrogen) atoms. The van der Waals surface area contributed by atoms with E-state index >= 15 is 0 Å². The third-order valence-corrected chi connectivity index (χ3v) is 4.25. The Morgan fingerprint density at radius 2 is 1.88 bits per heavy atom. The number of ether oxygens (including phenoxy) is 1. The lowest BCUT2D eigenvalue weighted by molar-refractivity contribution is -0.163. The molecule has 136 valence electrons. The van der Waals surface area contributed by atoms with E-state index in [0.717, 1.165) is 11.8 Å². The van der Waals surface area contributed by atoms with E-state index in [2.05, 4.69) is 5.32 Å². The number of hydrogen-bond acceptors (Lipinski definition) is 6. The van der Waals surface area contributed by atoms with Gasteiger partial charge in [-0.25, -0.2) is 4.79 Å². The fourth-order valence-corrected chi connectivity index (χ4v) is 3.09. The third-order valence-electron chi connectivity index (χ3n) is 3.34. The normalized spacial score (nSPS) is 18.9. The summed E-state index contributed by atoms with van der Waals surface area (Å²) >= 11 is 0.971. The molecule has 7 nitrogen and oxygen atoms in total. The highest BCUT2D eigenvalue weighted by molar-refractivity contribution is 8.13. The summed E-state index contributed by atoms with van der Waals surface area (Å²) in [6.07, 6.45) is 1.23. The van der Waals surface area contributed by atoms with Gasteiger partial charge in [0.2, 0.25) is 11.8 Å². The average Bonchev–Trinajstić information content (AvgIpc) is 2.89. The number of carbonyl (C=O) groups is 4. The van der Waals surface area contributed by atoms with Crippen LogP contribution in [0.2, 0.25) is 0 Å². The van der Waals surface area contributed by atoms with Crippen molar-refractivity contribution in [3.63, 3.8) is 0 Å². The first-order valence-corrected chi connectivity index (χ1v) is 8.93. The molecule has 0 radical (unpaired) electrons. The van der Waals surface area contributed by atoms with Crippen LogP contribution in [0.25, 0.3) is 0 Å². The highest BCUT2D eigenvalue weighted by Crippen LogP contribution is 2.22. The van der Waals surface area contributed by atoms with Gasteiger partial charge in [0.15, 0.2) is 5.12 Å². The van der Waals surface area contributed by atoms with E-state index in [-0.39, 0.29) is 22.7 Å². The van der Waals surface area contributed by atoms with Gasteiger partial charge >= 0.3 is 5.97 Å². The van der Waals surface area contributed by atoms with Crippen molar-refractivity contribution >= 4 is 34.7 Å². The second kappa shape index (κ2) is 8.50. The van der Waals surface area contributed by atoms with Crippen molar-refractivity contribution in [2.45, 2.75) is 65.1 Å². The van der Waals surface area contributed by atoms with Gasteiger partial charge < -0.3 is 15.0 Å². The third kappa shape index (κ3) is 6.51. The summed E-state index contributed by atoms with van der Waals surface area (Å²) in [7, 11) is 0. The fourth-order valence-electron chi connectivity index (χ4n) is 2.47. The molecule has 2 atom stereocenters. The van der Waals surface area contributed by atoms with Gasteiger partial charge in [-0.1, -0.05) is 11.8 Å². The molecule has 1 N–H and O–H groups in total. The summed E-state index contributed by atoms with van der Waals surface area (Å²) in [4.78, 5) is 49.0. The summed E-state index contributed by atoms with van der Waals surface area (Å²) in [5.41, 5.74) is -0.629. The van der Waals surface area contributed by atoms with Crippen molar-refractivity contribution in [2.75, 3.05) is 12.3 Å². The first kappa shape index (κ1) is 20.5. The predicted octanol–water partition coefficient (Wildman–Crippen LogP) is 1.10. The maximum absolute atomic E-state index is 12.8. The van der Waals surface area contributed by atoms with Crippen molar-refractivity contribution in [3.05, 3.63) is 0 Å². The van der Waals surface area contributed by atoms with Gasteiger partial charge in [-0.05, 0) is 33.6 Å². The van der Waals surface area contributed by atoms with Gasteiger partial charge in [-0.3, -0.25) is 14.4 Å². The maximum Gasteiger partial charge on any atom is 0.329 e. The lowest BCUT2D eigenvalue weighted by Gasteiger charge is -2.30. The minimum atomic E-state index is -0.834. The van der Waals surface area contributed by atoms with Gasteiger partial charge in [-0.15, -0.1) is 0 Å². The zero-order chi connectivity index (χ0) is 18.5. The first-order valence-electron chi connectivity index (χ1n) is 7.95. The number of hydrogen-bond donors (Lipinski definition) is 1. The molecule has 0 bridgehead atoms. The largest absolute Gasteiger partial charge is 0.458 e. The summed E-state index contributed by atoms with van der Waals surface area (Å²) < 4.78 is 5.38. The van der Waals surface area contributed by atoms with Crippen LogP contribution >= 0.6 is 11.8 Å². The van der Waals surface area contributed by atoms with Crippen molar-refractivity contribution in [1.29, 1.82) is 0 Å². The zero-order valence-corrected chi connectivity index (χ0v) is 15.7. The molecule has 0 aromatic carbocycles. The van der Waals surface area contributed by atoms with Crippen LogP contribution < -0.4 is 5.32 Å². The molecule has 0 spiro atoms. The molecule has 1 heterocycles. The van der Waals surface area contributed by atoms with Crippen molar-refractivity contribution in [2.24, 2.45) is 0 Å². The van der Waals surface area contributed by atoms with Crippen molar-refractivity contribution < 1.29 is 23.9 Å². The second-order valence-electron chi connectivity index (χ2n) is 6.78. The summed E-state index contributed by atoms with van der Waals surface area (Å²) in [6.45, 7) is 8.47. The Labute approximate surface area is 146 Å². The SMILES string of the molecule is CC(=O)N[C@@H](CSC(C)=O)C(=O)N1CCC[C@H]1C(=O)OC(C)(C)C. The molecular weight excluding hydrogens is 332 g/mol. The minimum Gasteiger partial charge on any atom is -0.458 e. The van der Waals surface area contributed by atoms with Gasteiger partial charge in [-0.2, -0.15) is 0 Å². The Morgan fingerprint density at radius 3 is 2.38 bits per heavy atom. The van der Waals surface area contributed by atoms with Crippen LogP contribution in [-0.2, 0) is 23.9 Å².